The predicted molar refractivity (Wildman–Crippen MR) is 56.9 cm³/mol. The summed E-state index contributed by atoms with van der Waals surface area (Å²) in [6.07, 6.45) is 1.88. The molecule has 0 aliphatic carbocycles. The third kappa shape index (κ3) is 3.05. The van der Waals surface area contributed by atoms with Crippen molar-refractivity contribution in [3.63, 3.8) is 0 Å². The van der Waals surface area contributed by atoms with E-state index in [2.05, 4.69) is 37.1 Å². The van der Waals surface area contributed by atoms with Crippen molar-refractivity contribution in [3.05, 3.63) is 23.9 Å². The molecule has 1 rings (SSSR count). The molecule has 0 radical (unpaired) electrons. The van der Waals surface area contributed by atoms with Crippen LogP contribution < -0.4 is 5.32 Å². The first-order valence-electron chi connectivity index (χ1n) is 4.79. The first-order chi connectivity index (χ1) is 6.09. The van der Waals surface area contributed by atoms with Crippen LogP contribution in [0.15, 0.2) is 18.3 Å². The Morgan fingerprint density at radius 3 is 2.38 bits per heavy atom. The van der Waals surface area contributed by atoms with E-state index in [-0.39, 0.29) is 0 Å². The van der Waals surface area contributed by atoms with Gasteiger partial charge in [-0.25, -0.2) is 4.98 Å². The molecule has 0 bridgehead atoms. The maximum absolute atomic E-state index is 4.29. The minimum absolute atomic E-state index is 0.468. The Bertz CT molecular complexity index is 251. The van der Waals surface area contributed by atoms with Gasteiger partial charge in [0.15, 0.2) is 0 Å². The quantitative estimate of drug-likeness (QED) is 0.769. The molecule has 0 aliphatic heterocycles. The van der Waals surface area contributed by atoms with Crippen LogP contribution in [0.4, 0.5) is 5.82 Å². The highest BCUT2D eigenvalue weighted by Gasteiger charge is 2.06. The average molecular weight is 178 g/mol. The van der Waals surface area contributed by atoms with E-state index in [1.165, 1.54) is 5.56 Å². The number of pyridine rings is 1. The Labute approximate surface area is 80.4 Å². The van der Waals surface area contributed by atoms with Crippen LogP contribution in [0.2, 0.25) is 0 Å². The third-order valence-electron chi connectivity index (χ3n) is 2.29. The number of anilines is 1. The number of hydrogen-bond donors (Lipinski definition) is 1. The fourth-order valence-electron chi connectivity index (χ4n) is 0.953. The van der Waals surface area contributed by atoms with Gasteiger partial charge in [0.25, 0.3) is 0 Å². The SMILES string of the molecule is Cc1ccc(NC(C)C(C)C)nc1. The Balaban J connectivity index is 2.59. The van der Waals surface area contributed by atoms with Gasteiger partial charge >= 0.3 is 0 Å². The number of nitrogens with zero attached hydrogens (tertiary/aromatic N) is 1. The highest BCUT2D eigenvalue weighted by atomic mass is 15.0. The molecule has 0 saturated heterocycles. The summed E-state index contributed by atoms with van der Waals surface area (Å²) in [5, 5.41) is 3.36. The second-order valence-corrected chi connectivity index (χ2v) is 3.90. The van der Waals surface area contributed by atoms with Crippen molar-refractivity contribution in [1.29, 1.82) is 0 Å². The maximum Gasteiger partial charge on any atom is 0.126 e. The van der Waals surface area contributed by atoms with Crippen LogP contribution in [0.3, 0.4) is 0 Å². The van der Waals surface area contributed by atoms with Gasteiger partial charge in [-0.15, -0.1) is 0 Å². The van der Waals surface area contributed by atoms with E-state index >= 15 is 0 Å². The lowest BCUT2D eigenvalue weighted by Gasteiger charge is -2.17. The van der Waals surface area contributed by atoms with Crippen molar-refractivity contribution in [3.8, 4) is 0 Å². The average Bonchev–Trinajstić information content (AvgIpc) is 2.08. The van der Waals surface area contributed by atoms with E-state index in [1.807, 2.05) is 19.2 Å². The summed E-state index contributed by atoms with van der Waals surface area (Å²) < 4.78 is 0. The van der Waals surface area contributed by atoms with Crippen LogP contribution in [0, 0.1) is 12.8 Å². The second-order valence-electron chi connectivity index (χ2n) is 3.90. The molecule has 1 aromatic heterocycles. The van der Waals surface area contributed by atoms with Gasteiger partial charge < -0.3 is 5.32 Å². The van der Waals surface area contributed by atoms with E-state index in [0.29, 0.717) is 12.0 Å². The number of hydrogen-bond acceptors (Lipinski definition) is 2. The van der Waals surface area contributed by atoms with Crippen LogP contribution in [-0.4, -0.2) is 11.0 Å². The molecule has 0 aliphatic rings. The molecule has 0 spiro atoms. The van der Waals surface area contributed by atoms with Crippen molar-refractivity contribution < 1.29 is 0 Å². The summed E-state index contributed by atoms with van der Waals surface area (Å²) in [5.74, 6) is 1.59. The van der Waals surface area contributed by atoms with Crippen molar-refractivity contribution in [1.82, 2.24) is 4.98 Å². The highest BCUT2D eigenvalue weighted by Crippen LogP contribution is 2.09. The molecule has 13 heavy (non-hydrogen) atoms. The van der Waals surface area contributed by atoms with Gasteiger partial charge in [-0.2, -0.15) is 0 Å². The van der Waals surface area contributed by atoms with Crippen molar-refractivity contribution in [2.24, 2.45) is 5.92 Å². The maximum atomic E-state index is 4.29. The molecule has 0 saturated carbocycles. The molecule has 0 aromatic carbocycles. The molecule has 2 heteroatoms. The number of aryl methyl sites for hydroxylation is 1. The first kappa shape index (κ1) is 10.0. The van der Waals surface area contributed by atoms with E-state index in [4.69, 9.17) is 0 Å². The zero-order valence-corrected chi connectivity index (χ0v) is 8.83. The molecule has 0 amide bonds. The molecular formula is C11H18N2. The molecule has 1 N–H and O–H groups in total. The Kier molecular flexibility index (Phi) is 3.29. The molecule has 1 atom stereocenters. The molecule has 2 nitrogen and oxygen atoms in total. The molecule has 1 aromatic rings. The lowest BCUT2D eigenvalue weighted by atomic mass is 10.1. The van der Waals surface area contributed by atoms with E-state index in [9.17, 15) is 0 Å². The van der Waals surface area contributed by atoms with Gasteiger partial charge in [0.2, 0.25) is 0 Å². The molecule has 72 valence electrons. The third-order valence-corrected chi connectivity index (χ3v) is 2.29. The Hall–Kier alpha value is -1.05. The van der Waals surface area contributed by atoms with Gasteiger partial charge in [-0.1, -0.05) is 19.9 Å². The van der Waals surface area contributed by atoms with Crippen LogP contribution in [0.25, 0.3) is 0 Å². The predicted octanol–water partition coefficient (Wildman–Crippen LogP) is 2.85. The number of nitrogens with one attached hydrogen (secondary N) is 1. The Morgan fingerprint density at radius 2 is 1.92 bits per heavy atom. The van der Waals surface area contributed by atoms with Crippen LogP contribution in [0.1, 0.15) is 26.3 Å². The molecular weight excluding hydrogens is 160 g/mol. The minimum Gasteiger partial charge on any atom is -0.367 e. The fraction of sp³-hybridized carbons (Fsp3) is 0.545. The zero-order valence-electron chi connectivity index (χ0n) is 8.83. The minimum atomic E-state index is 0.468. The summed E-state index contributed by atoms with van der Waals surface area (Å²) in [6.45, 7) is 8.62. The zero-order chi connectivity index (χ0) is 9.84. The van der Waals surface area contributed by atoms with E-state index in [0.717, 1.165) is 5.82 Å². The lowest BCUT2D eigenvalue weighted by molar-refractivity contribution is 0.558. The topological polar surface area (TPSA) is 24.9 Å². The fourth-order valence-corrected chi connectivity index (χ4v) is 0.953. The van der Waals surface area contributed by atoms with Crippen molar-refractivity contribution in [2.45, 2.75) is 33.7 Å². The van der Waals surface area contributed by atoms with Gasteiger partial charge in [0, 0.05) is 12.2 Å². The summed E-state index contributed by atoms with van der Waals surface area (Å²) >= 11 is 0. The summed E-state index contributed by atoms with van der Waals surface area (Å²) in [7, 11) is 0. The monoisotopic (exact) mass is 178 g/mol. The van der Waals surface area contributed by atoms with Gasteiger partial charge in [-0.05, 0) is 31.4 Å². The molecule has 0 fully saturated rings. The van der Waals surface area contributed by atoms with Gasteiger partial charge in [0.1, 0.15) is 5.82 Å². The summed E-state index contributed by atoms with van der Waals surface area (Å²) in [5.41, 5.74) is 1.20. The van der Waals surface area contributed by atoms with E-state index in [1.54, 1.807) is 0 Å². The highest BCUT2D eigenvalue weighted by molar-refractivity contribution is 5.36. The lowest BCUT2D eigenvalue weighted by Crippen LogP contribution is -2.21. The van der Waals surface area contributed by atoms with Gasteiger partial charge in [-0.3, -0.25) is 0 Å². The number of aromatic nitrogens is 1. The summed E-state index contributed by atoms with van der Waals surface area (Å²) in [4.78, 5) is 4.29. The first-order valence-corrected chi connectivity index (χ1v) is 4.79. The van der Waals surface area contributed by atoms with Crippen LogP contribution in [0.5, 0.6) is 0 Å². The second kappa shape index (κ2) is 4.26. The standard InChI is InChI=1S/C11H18N2/c1-8(2)10(4)13-11-6-5-9(3)7-12-11/h5-8,10H,1-4H3,(H,12,13). The Morgan fingerprint density at radius 1 is 1.23 bits per heavy atom. The van der Waals surface area contributed by atoms with Crippen molar-refractivity contribution >= 4 is 5.82 Å². The largest absolute Gasteiger partial charge is 0.367 e. The normalized spacial score (nSPS) is 13.0. The van der Waals surface area contributed by atoms with E-state index < -0.39 is 0 Å². The van der Waals surface area contributed by atoms with Crippen molar-refractivity contribution in [2.75, 3.05) is 5.32 Å². The molecule has 1 heterocycles. The molecule has 1 unspecified atom stereocenters. The summed E-state index contributed by atoms with van der Waals surface area (Å²) in [6, 6.07) is 4.56. The van der Waals surface area contributed by atoms with Crippen LogP contribution >= 0.6 is 0 Å². The van der Waals surface area contributed by atoms with Gasteiger partial charge in [0.05, 0.1) is 0 Å². The number of rotatable bonds is 3. The van der Waals surface area contributed by atoms with Crippen LogP contribution in [-0.2, 0) is 0 Å². The smallest absolute Gasteiger partial charge is 0.126 e.